The van der Waals surface area contributed by atoms with Crippen LogP contribution in [0.4, 0.5) is 0 Å². The van der Waals surface area contributed by atoms with E-state index >= 15 is 0 Å². The second-order valence-electron chi connectivity index (χ2n) is 9.79. The van der Waals surface area contributed by atoms with Gasteiger partial charge in [0.05, 0.1) is 53.3 Å². The summed E-state index contributed by atoms with van der Waals surface area (Å²) in [5.74, 6) is -1.21. The standard InChI is InChI=1S/C26H30N5O11PS2/c1-19-17-31(26(33)28-25(19)32)24-16-22(29-30-27)23(42-24)18-41-43(34,39-12-14-44(35,36)20-8-4-2-5-9-20)40-13-15-45(37,38)21-10-6-3-7-11-21/h2-11,17,22-24H,12-16,18H2,1H3,(H,28,32,33)/t22?,23-,24-/m1/s1. The van der Waals surface area contributed by atoms with Crippen molar-refractivity contribution in [3.63, 3.8) is 0 Å². The van der Waals surface area contributed by atoms with Gasteiger partial charge in [-0.2, -0.15) is 0 Å². The molecule has 1 N–H and O–H groups in total. The molecule has 242 valence electrons. The highest BCUT2D eigenvalue weighted by molar-refractivity contribution is 7.91. The van der Waals surface area contributed by atoms with E-state index in [-0.39, 0.29) is 21.8 Å². The topological polar surface area (TPSA) is 226 Å². The molecule has 1 aliphatic heterocycles. The number of phosphoric ester groups is 1. The molecular weight excluding hydrogens is 653 g/mol. The van der Waals surface area contributed by atoms with Crippen molar-refractivity contribution in [2.45, 2.75) is 41.5 Å². The van der Waals surface area contributed by atoms with Gasteiger partial charge in [-0.1, -0.05) is 41.5 Å². The van der Waals surface area contributed by atoms with Crippen molar-refractivity contribution in [3.8, 4) is 0 Å². The molecule has 1 unspecified atom stereocenters. The van der Waals surface area contributed by atoms with Crippen LogP contribution in [0.15, 0.2) is 91.4 Å². The molecule has 19 heteroatoms. The Labute approximate surface area is 258 Å². The molecule has 16 nitrogen and oxygen atoms in total. The first-order chi connectivity index (χ1) is 21.3. The molecule has 1 saturated heterocycles. The van der Waals surface area contributed by atoms with Crippen molar-refractivity contribution in [1.82, 2.24) is 9.55 Å². The molecule has 2 heterocycles. The summed E-state index contributed by atoms with van der Waals surface area (Å²) in [7, 11) is -12.3. The maximum atomic E-state index is 13.7. The van der Waals surface area contributed by atoms with Gasteiger partial charge >= 0.3 is 13.5 Å². The summed E-state index contributed by atoms with van der Waals surface area (Å²) in [6.45, 7) is -0.374. The molecule has 4 rings (SSSR count). The summed E-state index contributed by atoms with van der Waals surface area (Å²) < 4.78 is 87.5. The zero-order valence-electron chi connectivity index (χ0n) is 23.9. The molecule has 0 amide bonds. The lowest BCUT2D eigenvalue weighted by Crippen LogP contribution is -2.33. The quantitative estimate of drug-likeness (QED) is 0.106. The predicted molar refractivity (Wildman–Crippen MR) is 160 cm³/mol. The summed E-state index contributed by atoms with van der Waals surface area (Å²) in [4.78, 5) is 29.1. The highest BCUT2D eigenvalue weighted by Gasteiger charge is 2.39. The molecule has 0 aliphatic carbocycles. The highest BCUT2D eigenvalue weighted by atomic mass is 32.2. The molecule has 3 aromatic rings. The smallest absolute Gasteiger partial charge is 0.352 e. The van der Waals surface area contributed by atoms with Crippen LogP contribution in [-0.4, -0.2) is 69.9 Å². The summed E-state index contributed by atoms with van der Waals surface area (Å²) in [5.41, 5.74) is 7.93. The first-order valence-corrected chi connectivity index (χ1v) is 18.2. The normalized spacial score (nSPS) is 18.8. The van der Waals surface area contributed by atoms with E-state index in [0.717, 1.165) is 4.57 Å². The number of rotatable bonds is 15. The number of phosphoric acid groups is 1. The number of nitrogens with zero attached hydrogens (tertiary/aromatic N) is 4. The van der Waals surface area contributed by atoms with Crippen molar-refractivity contribution in [2.75, 3.05) is 31.3 Å². The Hall–Kier alpha value is -3.60. The van der Waals surface area contributed by atoms with Gasteiger partial charge in [0.1, 0.15) is 6.23 Å². The number of aromatic nitrogens is 2. The number of benzene rings is 2. The molecule has 0 saturated carbocycles. The number of sulfone groups is 2. The molecule has 1 aromatic heterocycles. The predicted octanol–water partition coefficient (Wildman–Crippen LogP) is 2.92. The molecule has 3 atom stereocenters. The van der Waals surface area contributed by atoms with Crippen LogP contribution in [0.5, 0.6) is 0 Å². The molecule has 0 bridgehead atoms. The average Bonchev–Trinajstić information content (AvgIpc) is 3.41. The monoisotopic (exact) mass is 683 g/mol. The molecular formula is C26H30N5O11PS2. The molecule has 1 fully saturated rings. The Morgan fingerprint density at radius 1 is 0.956 bits per heavy atom. The van der Waals surface area contributed by atoms with Crippen LogP contribution in [0.25, 0.3) is 10.4 Å². The number of aryl methyl sites for hydroxylation is 1. The van der Waals surface area contributed by atoms with Gasteiger partial charge in [-0.3, -0.25) is 27.9 Å². The van der Waals surface area contributed by atoms with Crippen LogP contribution in [0.1, 0.15) is 18.2 Å². The third kappa shape index (κ3) is 8.99. The minimum Gasteiger partial charge on any atom is -0.352 e. The zero-order chi connectivity index (χ0) is 32.7. The second kappa shape index (κ2) is 14.7. The Bertz CT molecular complexity index is 1830. The van der Waals surface area contributed by atoms with E-state index in [2.05, 4.69) is 15.0 Å². The second-order valence-corrected chi connectivity index (χ2v) is 15.7. The van der Waals surface area contributed by atoms with E-state index in [9.17, 15) is 31.0 Å². The number of azide groups is 1. The number of hydrogen-bond donors (Lipinski definition) is 1. The molecule has 0 radical (unpaired) electrons. The third-order valence-corrected chi connectivity index (χ3v) is 11.5. The van der Waals surface area contributed by atoms with Crippen LogP contribution in [0.3, 0.4) is 0 Å². The van der Waals surface area contributed by atoms with Gasteiger partial charge in [0.2, 0.25) is 0 Å². The van der Waals surface area contributed by atoms with E-state index in [1.807, 2.05) is 0 Å². The van der Waals surface area contributed by atoms with Crippen LogP contribution < -0.4 is 11.2 Å². The van der Waals surface area contributed by atoms with Crippen molar-refractivity contribution in [2.24, 2.45) is 5.11 Å². The lowest BCUT2D eigenvalue weighted by atomic mass is 10.1. The van der Waals surface area contributed by atoms with Gasteiger partial charge in [0.25, 0.3) is 5.56 Å². The Kier molecular flexibility index (Phi) is 11.2. The van der Waals surface area contributed by atoms with Gasteiger partial charge < -0.3 is 4.74 Å². The molecule has 2 aromatic carbocycles. The maximum Gasteiger partial charge on any atom is 0.474 e. The van der Waals surface area contributed by atoms with Gasteiger partial charge in [0.15, 0.2) is 19.7 Å². The fourth-order valence-corrected chi connectivity index (χ4v) is 7.96. The fraction of sp³-hybridized carbons (Fsp3) is 0.385. The largest absolute Gasteiger partial charge is 0.474 e. The number of H-pyrrole nitrogens is 1. The van der Waals surface area contributed by atoms with Crippen LogP contribution in [-0.2, 0) is 42.5 Å². The number of nitrogens with one attached hydrogen (secondary N) is 1. The first-order valence-electron chi connectivity index (χ1n) is 13.4. The summed E-state index contributed by atoms with van der Waals surface area (Å²) in [5, 5.41) is 3.67. The minimum atomic E-state index is -4.65. The van der Waals surface area contributed by atoms with Crippen molar-refractivity contribution in [3.05, 3.63) is 104 Å². The van der Waals surface area contributed by atoms with Crippen LogP contribution in [0, 0.1) is 6.92 Å². The maximum absolute atomic E-state index is 13.7. The fourth-order valence-electron chi connectivity index (χ4n) is 4.31. The minimum absolute atomic E-state index is 0.00886. The van der Waals surface area contributed by atoms with Crippen molar-refractivity contribution < 1.29 is 39.7 Å². The summed E-state index contributed by atoms with van der Waals surface area (Å²) in [6.07, 6.45) is -0.822. The number of hydrogen-bond acceptors (Lipinski definition) is 12. The average molecular weight is 684 g/mol. The highest BCUT2D eigenvalue weighted by Crippen LogP contribution is 2.50. The van der Waals surface area contributed by atoms with Crippen LogP contribution >= 0.6 is 7.82 Å². The summed E-state index contributed by atoms with van der Waals surface area (Å²) >= 11 is 0. The Balaban J connectivity index is 1.49. The van der Waals surface area contributed by atoms with Crippen molar-refractivity contribution >= 4 is 27.5 Å². The van der Waals surface area contributed by atoms with Gasteiger partial charge in [-0.25, -0.2) is 26.2 Å². The van der Waals surface area contributed by atoms with Crippen molar-refractivity contribution in [1.29, 1.82) is 0 Å². The SMILES string of the molecule is Cc1cn([C@H]2CC(N=[N+]=[N-])[C@@H](COP(=O)(OCCS(=O)(=O)c3ccccc3)OCCS(=O)(=O)c3ccccc3)O2)c(=O)[nH]c1=O. The van der Waals surface area contributed by atoms with Gasteiger partial charge in [0, 0.05) is 23.1 Å². The molecule has 0 spiro atoms. The zero-order valence-corrected chi connectivity index (χ0v) is 26.4. The Morgan fingerprint density at radius 3 is 2.00 bits per heavy atom. The number of ether oxygens (including phenoxy) is 1. The van der Waals surface area contributed by atoms with Gasteiger partial charge in [-0.15, -0.1) is 0 Å². The lowest BCUT2D eigenvalue weighted by Gasteiger charge is -2.21. The third-order valence-electron chi connectivity index (χ3n) is 6.66. The van der Waals surface area contributed by atoms with E-state index < -0.39 is 88.4 Å². The van der Waals surface area contributed by atoms with E-state index in [0.29, 0.717) is 0 Å². The summed E-state index contributed by atoms with van der Waals surface area (Å²) in [6, 6.07) is 14.0. The van der Waals surface area contributed by atoms with E-state index in [4.69, 9.17) is 23.8 Å². The van der Waals surface area contributed by atoms with Gasteiger partial charge in [-0.05, 0) is 36.7 Å². The van der Waals surface area contributed by atoms with Crippen LogP contribution in [0.2, 0.25) is 0 Å². The van der Waals surface area contributed by atoms with E-state index in [1.165, 1.54) is 61.7 Å². The first kappa shape index (κ1) is 34.3. The molecule has 1 aliphatic rings. The lowest BCUT2D eigenvalue weighted by molar-refractivity contribution is -0.0299. The Morgan fingerprint density at radius 2 is 1.49 bits per heavy atom. The van der Waals surface area contributed by atoms with E-state index in [1.54, 1.807) is 12.1 Å². The molecule has 45 heavy (non-hydrogen) atoms. The number of aromatic amines is 1.